The average Bonchev–Trinajstić information content (AvgIpc) is 2.91. The van der Waals surface area contributed by atoms with Gasteiger partial charge in [-0.3, -0.25) is 0 Å². The molecule has 0 aromatic heterocycles. The van der Waals surface area contributed by atoms with E-state index in [0.29, 0.717) is 0 Å². The van der Waals surface area contributed by atoms with Gasteiger partial charge in [0.1, 0.15) is 6.10 Å². The van der Waals surface area contributed by atoms with Crippen LogP contribution in [0.4, 0.5) is 0 Å². The summed E-state index contributed by atoms with van der Waals surface area (Å²) >= 11 is 0. The molecule has 0 amide bonds. The molecule has 5 nitrogen and oxygen atoms in total. The summed E-state index contributed by atoms with van der Waals surface area (Å²) in [6.07, 6.45) is 3.72. The van der Waals surface area contributed by atoms with Crippen molar-refractivity contribution in [1.29, 1.82) is 0 Å². The minimum absolute atomic E-state index is 0.0412. The Labute approximate surface area is 113 Å². The van der Waals surface area contributed by atoms with Gasteiger partial charge in [0.2, 0.25) is 10.0 Å². The number of hydrogen-bond acceptors (Lipinski definition) is 4. The van der Waals surface area contributed by atoms with Gasteiger partial charge in [-0.1, -0.05) is 12.1 Å². The molecule has 1 aromatic rings. The number of hydrogen-bond donors (Lipinski definition) is 1. The van der Waals surface area contributed by atoms with E-state index < -0.39 is 16.0 Å². The molecular formula is C13H17NO4S. The summed E-state index contributed by atoms with van der Waals surface area (Å²) in [5.74, 6) is -0.568. The maximum absolute atomic E-state index is 12.1. The van der Waals surface area contributed by atoms with Gasteiger partial charge in [-0.2, -0.15) is 0 Å². The Morgan fingerprint density at radius 2 is 1.89 bits per heavy atom. The van der Waals surface area contributed by atoms with Gasteiger partial charge in [-0.25, -0.2) is 17.9 Å². The molecule has 1 fully saturated rings. The summed E-state index contributed by atoms with van der Waals surface area (Å²) in [4.78, 5) is 12.0. The number of nitrogens with one attached hydrogen (secondary N) is 1. The molecule has 0 atom stereocenters. The molecule has 0 heterocycles. The van der Waals surface area contributed by atoms with Gasteiger partial charge in [0.25, 0.3) is 0 Å². The zero-order valence-electron chi connectivity index (χ0n) is 10.8. The summed E-state index contributed by atoms with van der Waals surface area (Å²) in [6, 6.07) is 6.08. The summed E-state index contributed by atoms with van der Waals surface area (Å²) in [5, 5.41) is 0. The Bertz CT molecular complexity index is 562. The SMILES string of the molecule is CNS(=O)(=O)c1ccccc1C(=O)OC1CCCC1. The minimum Gasteiger partial charge on any atom is -0.459 e. The van der Waals surface area contributed by atoms with E-state index in [9.17, 15) is 13.2 Å². The van der Waals surface area contributed by atoms with E-state index in [1.54, 1.807) is 12.1 Å². The Kier molecular flexibility index (Phi) is 4.21. The van der Waals surface area contributed by atoms with Crippen LogP contribution in [0.3, 0.4) is 0 Å². The molecule has 1 N–H and O–H groups in total. The first kappa shape index (κ1) is 14.0. The second kappa shape index (κ2) is 5.71. The first-order valence-corrected chi connectivity index (χ1v) is 7.76. The van der Waals surface area contributed by atoms with Crippen LogP contribution in [-0.2, 0) is 14.8 Å². The molecule has 1 saturated carbocycles. The van der Waals surface area contributed by atoms with Crippen LogP contribution >= 0.6 is 0 Å². The third-order valence-electron chi connectivity index (χ3n) is 3.24. The topological polar surface area (TPSA) is 72.5 Å². The second-order valence-corrected chi connectivity index (χ2v) is 6.37. The Morgan fingerprint density at radius 1 is 1.26 bits per heavy atom. The number of sulfonamides is 1. The van der Waals surface area contributed by atoms with E-state index in [1.807, 2.05) is 0 Å². The van der Waals surface area contributed by atoms with Gasteiger partial charge < -0.3 is 4.74 Å². The maximum Gasteiger partial charge on any atom is 0.339 e. The van der Waals surface area contributed by atoms with E-state index in [4.69, 9.17) is 4.74 Å². The van der Waals surface area contributed by atoms with E-state index in [-0.39, 0.29) is 16.6 Å². The van der Waals surface area contributed by atoms with Crippen LogP contribution in [0.15, 0.2) is 29.2 Å². The van der Waals surface area contributed by atoms with Crippen molar-refractivity contribution in [3.05, 3.63) is 29.8 Å². The van der Waals surface area contributed by atoms with Crippen molar-refractivity contribution in [2.45, 2.75) is 36.7 Å². The molecule has 0 saturated heterocycles. The standard InChI is InChI=1S/C13H17NO4S/c1-14-19(16,17)12-9-5-4-8-11(12)13(15)18-10-6-2-3-7-10/h4-5,8-10,14H,2-3,6-7H2,1H3. The zero-order chi connectivity index (χ0) is 13.9. The number of carbonyl (C=O) groups is 1. The van der Waals surface area contributed by atoms with E-state index in [2.05, 4.69) is 4.72 Å². The van der Waals surface area contributed by atoms with E-state index >= 15 is 0 Å². The molecular weight excluding hydrogens is 266 g/mol. The molecule has 0 unspecified atom stereocenters. The third-order valence-corrected chi connectivity index (χ3v) is 4.71. The van der Waals surface area contributed by atoms with Crippen LogP contribution in [0.5, 0.6) is 0 Å². The molecule has 1 aliphatic carbocycles. The molecule has 0 spiro atoms. The predicted molar refractivity (Wildman–Crippen MR) is 70.4 cm³/mol. The van der Waals surface area contributed by atoms with Crippen molar-refractivity contribution in [3.63, 3.8) is 0 Å². The smallest absolute Gasteiger partial charge is 0.339 e. The summed E-state index contributed by atoms with van der Waals surface area (Å²) in [6.45, 7) is 0. The van der Waals surface area contributed by atoms with Crippen molar-refractivity contribution in [3.8, 4) is 0 Å². The molecule has 6 heteroatoms. The predicted octanol–water partition coefficient (Wildman–Crippen LogP) is 1.69. The lowest BCUT2D eigenvalue weighted by Gasteiger charge is -2.13. The first-order valence-electron chi connectivity index (χ1n) is 6.28. The highest BCUT2D eigenvalue weighted by atomic mass is 32.2. The lowest BCUT2D eigenvalue weighted by atomic mass is 10.2. The van der Waals surface area contributed by atoms with Gasteiger partial charge in [0.05, 0.1) is 10.5 Å². The number of ether oxygens (including phenoxy) is 1. The summed E-state index contributed by atoms with van der Waals surface area (Å²) in [5.41, 5.74) is 0.0868. The van der Waals surface area contributed by atoms with Crippen LogP contribution in [-0.4, -0.2) is 27.5 Å². The van der Waals surface area contributed by atoms with Crippen molar-refractivity contribution in [2.75, 3.05) is 7.05 Å². The summed E-state index contributed by atoms with van der Waals surface area (Å²) in [7, 11) is -2.34. The molecule has 1 aromatic carbocycles. The van der Waals surface area contributed by atoms with Crippen LogP contribution in [0.25, 0.3) is 0 Å². The van der Waals surface area contributed by atoms with Crippen molar-refractivity contribution in [1.82, 2.24) is 4.72 Å². The van der Waals surface area contributed by atoms with Crippen LogP contribution in [0.1, 0.15) is 36.0 Å². The van der Waals surface area contributed by atoms with E-state index in [1.165, 1.54) is 19.2 Å². The van der Waals surface area contributed by atoms with Crippen molar-refractivity contribution >= 4 is 16.0 Å². The monoisotopic (exact) mass is 283 g/mol. The second-order valence-electron chi connectivity index (χ2n) is 4.52. The summed E-state index contributed by atoms with van der Waals surface area (Å²) < 4.78 is 31.2. The highest BCUT2D eigenvalue weighted by Crippen LogP contribution is 2.23. The Hall–Kier alpha value is -1.40. The van der Waals surface area contributed by atoms with Gasteiger partial charge >= 0.3 is 5.97 Å². The normalized spacial score (nSPS) is 16.5. The third kappa shape index (κ3) is 3.13. The molecule has 19 heavy (non-hydrogen) atoms. The fourth-order valence-electron chi connectivity index (χ4n) is 2.20. The van der Waals surface area contributed by atoms with E-state index in [0.717, 1.165) is 25.7 Å². The first-order chi connectivity index (χ1) is 9.04. The molecule has 2 rings (SSSR count). The molecule has 0 radical (unpaired) electrons. The molecule has 104 valence electrons. The highest BCUT2D eigenvalue weighted by Gasteiger charge is 2.25. The highest BCUT2D eigenvalue weighted by molar-refractivity contribution is 7.89. The number of esters is 1. The van der Waals surface area contributed by atoms with Crippen LogP contribution < -0.4 is 4.72 Å². The number of benzene rings is 1. The fourth-order valence-corrected chi connectivity index (χ4v) is 3.12. The lowest BCUT2D eigenvalue weighted by Crippen LogP contribution is -2.23. The Morgan fingerprint density at radius 3 is 2.53 bits per heavy atom. The van der Waals surface area contributed by atoms with Gasteiger partial charge in [0, 0.05) is 0 Å². The largest absolute Gasteiger partial charge is 0.459 e. The van der Waals surface area contributed by atoms with Gasteiger partial charge in [-0.05, 0) is 44.9 Å². The quantitative estimate of drug-likeness (QED) is 0.854. The Balaban J connectivity index is 2.26. The zero-order valence-corrected chi connectivity index (χ0v) is 11.6. The molecule has 0 bridgehead atoms. The number of carbonyl (C=O) groups excluding carboxylic acids is 1. The van der Waals surface area contributed by atoms with Crippen molar-refractivity contribution in [2.24, 2.45) is 0 Å². The van der Waals surface area contributed by atoms with Crippen molar-refractivity contribution < 1.29 is 17.9 Å². The molecule has 0 aliphatic heterocycles. The fraction of sp³-hybridized carbons (Fsp3) is 0.462. The minimum atomic E-state index is -3.66. The average molecular weight is 283 g/mol. The van der Waals surface area contributed by atoms with Crippen LogP contribution in [0, 0.1) is 0 Å². The number of rotatable bonds is 4. The van der Waals surface area contributed by atoms with Crippen LogP contribution in [0.2, 0.25) is 0 Å². The lowest BCUT2D eigenvalue weighted by molar-refractivity contribution is 0.0313. The van der Waals surface area contributed by atoms with Gasteiger partial charge in [-0.15, -0.1) is 0 Å². The molecule has 1 aliphatic rings. The maximum atomic E-state index is 12.1. The van der Waals surface area contributed by atoms with Gasteiger partial charge in [0.15, 0.2) is 0 Å².